The molecule has 6 nitrogen and oxygen atoms in total. The molecule has 24 heavy (non-hydrogen) atoms. The lowest BCUT2D eigenvalue weighted by molar-refractivity contribution is 0.145. The van der Waals surface area contributed by atoms with Crippen molar-refractivity contribution in [1.82, 2.24) is 20.2 Å². The Balaban J connectivity index is 1.81. The lowest BCUT2D eigenvalue weighted by atomic mass is 9.97. The lowest BCUT2D eigenvalue weighted by Gasteiger charge is -2.31. The highest BCUT2D eigenvalue weighted by Gasteiger charge is 2.41. The van der Waals surface area contributed by atoms with E-state index in [-0.39, 0.29) is 6.03 Å². The molecular weight excluding hydrogens is 302 g/mol. The molecule has 2 aromatic rings. The van der Waals surface area contributed by atoms with Crippen LogP contribution in [-0.2, 0) is 12.1 Å². The van der Waals surface area contributed by atoms with Crippen LogP contribution in [0.15, 0.2) is 36.5 Å². The Morgan fingerprint density at radius 3 is 2.75 bits per heavy atom. The minimum absolute atomic E-state index is 0.0579. The number of anilines is 2. The van der Waals surface area contributed by atoms with Crippen molar-refractivity contribution in [2.45, 2.75) is 39.3 Å². The standard InChI is InChI=1S/C18H23N5O/c1-4-10-19-17(24)23-12-15-14(18(23,2)3)11-20-16(22-15)21-13-8-6-5-7-9-13/h5-9,11H,4,10,12H2,1-3H3,(H,19,24)(H,20,21,22). The molecule has 0 unspecified atom stereocenters. The number of benzene rings is 1. The van der Waals surface area contributed by atoms with E-state index in [1.807, 2.05) is 62.2 Å². The molecule has 0 atom stereocenters. The minimum atomic E-state index is -0.418. The largest absolute Gasteiger partial charge is 0.338 e. The van der Waals surface area contributed by atoms with E-state index in [0.29, 0.717) is 19.0 Å². The summed E-state index contributed by atoms with van der Waals surface area (Å²) in [7, 11) is 0. The molecular formula is C18H23N5O. The summed E-state index contributed by atoms with van der Waals surface area (Å²) in [5.74, 6) is 0.548. The first-order valence-electron chi connectivity index (χ1n) is 8.26. The molecule has 6 heteroatoms. The topological polar surface area (TPSA) is 70.2 Å². The third-order valence-electron chi connectivity index (χ3n) is 4.31. The van der Waals surface area contributed by atoms with Gasteiger partial charge in [0.1, 0.15) is 0 Å². The fraction of sp³-hybridized carbons (Fsp3) is 0.389. The number of amides is 2. The normalized spacial score (nSPS) is 15.0. The molecule has 2 amide bonds. The summed E-state index contributed by atoms with van der Waals surface area (Å²) in [5, 5.41) is 6.14. The third kappa shape index (κ3) is 3.04. The summed E-state index contributed by atoms with van der Waals surface area (Å²) in [6.45, 7) is 7.26. The SMILES string of the molecule is CCCNC(=O)N1Cc2nc(Nc3ccccc3)ncc2C1(C)C. The van der Waals surface area contributed by atoms with Gasteiger partial charge in [0.05, 0.1) is 17.8 Å². The predicted molar refractivity (Wildman–Crippen MR) is 94.0 cm³/mol. The van der Waals surface area contributed by atoms with Gasteiger partial charge >= 0.3 is 6.03 Å². The molecule has 0 saturated carbocycles. The van der Waals surface area contributed by atoms with Gasteiger partial charge in [0.15, 0.2) is 0 Å². The van der Waals surface area contributed by atoms with Crippen LogP contribution in [0.25, 0.3) is 0 Å². The van der Waals surface area contributed by atoms with Crippen molar-refractivity contribution in [2.24, 2.45) is 0 Å². The van der Waals surface area contributed by atoms with Gasteiger partial charge in [-0.1, -0.05) is 25.1 Å². The summed E-state index contributed by atoms with van der Waals surface area (Å²) in [4.78, 5) is 23.3. The number of hydrogen-bond acceptors (Lipinski definition) is 4. The maximum absolute atomic E-state index is 12.4. The van der Waals surface area contributed by atoms with E-state index in [1.165, 1.54) is 0 Å². The van der Waals surface area contributed by atoms with E-state index in [9.17, 15) is 4.79 Å². The molecule has 0 radical (unpaired) electrons. The van der Waals surface area contributed by atoms with E-state index in [2.05, 4.69) is 20.6 Å². The average Bonchev–Trinajstić information content (AvgIpc) is 2.84. The zero-order chi connectivity index (χ0) is 17.2. The Morgan fingerprint density at radius 2 is 2.04 bits per heavy atom. The zero-order valence-corrected chi connectivity index (χ0v) is 14.3. The van der Waals surface area contributed by atoms with Crippen LogP contribution in [0.1, 0.15) is 38.4 Å². The van der Waals surface area contributed by atoms with Gasteiger partial charge in [-0.2, -0.15) is 0 Å². The van der Waals surface area contributed by atoms with Crippen LogP contribution in [0.4, 0.5) is 16.4 Å². The van der Waals surface area contributed by atoms with Crippen LogP contribution < -0.4 is 10.6 Å². The first kappa shape index (κ1) is 16.2. The quantitative estimate of drug-likeness (QED) is 0.904. The molecule has 2 heterocycles. The number of rotatable bonds is 4. The second-order valence-electron chi connectivity index (χ2n) is 6.42. The van der Waals surface area contributed by atoms with E-state index in [1.54, 1.807) is 0 Å². The number of nitrogens with zero attached hydrogens (tertiary/aromatic N) is 3. The van der Waals surface area contributed by atoms with E-state index in [0.717, 1.165) is 23.4 Å². The maximum atomic E-state index is 12.4. The Kier molecular flexibility index (Phi) is 4.38. The van der Waals surface area contributed by atoms with Crippen molar-refractivity contribution >= 4 is 17.7 Å². The number of urea groups is 1. The van der Waals surface area contributed by atoms with Crippen LogP contribution in [0.5, 0.6) is 0 Å². The van der Waals surface area contributed by atoms with Gasteiger partial charge < -0.3 is 15.5 Å². The fourth-order valence-electron chi connectivity index (χ4n) is 2.91. The van der Waals surface area contributed by atoms with Crippen LogP contribution in [0.3, 0.4) is 0 Å². The zero-order valence-electron chi connectivity index (χ0n) is 14.3. The Bertz CT molecular complexity index is 729. The van der Waals surface area contributed by atoms with E-state index >= 15 is 0 Å². The Morgan fingerprint density at radius 1 is 1.29 bits per heavy atom. The summed E-state index contributed by atoms with van der Waals surface area (Å²) >= 11 is 0. The fourth-order valence-corrected chi connectivity index (χ4v) is 2.91. The van der Waals surface area contributed by atoms with Crippen molar-refractivity contribution in [2.75, 3.05) is 11.9 Å². The number of carbonyl (C=O) groups excluding carboxylic acids is 1. The maximum Gasteiger partial charge on any atom is 0.318 e. The van der Waals surface area contributed by atoms with Crippen LogP contribution in [-0.4, -0.2) is 27.4 Å². The molecule has 2 N–H and O–H groups in total. The monoisotopic (exact) mass is 325 g/mol. The molecule has 0 spiro atoms. The van der Waals surface area contributed by atoms with Crippen molar-refractivity contribution < 1.29 is 4.79 Å². The summed E-state index contributed by atoms with van der Waals surface area (Å²) in [6, 6.07) is 9.74. The van der Waals surface area contributed by atoms with Crippen molar-refractivity contribution in [3.05, 3.63) is 47.8 Å². The summed E-state index contributed by atoms with van der Waals surface area (Å²) in [5.41, 5.74) is 2.40. The Labute approximate surface area is 142 Å². The second-order valence-corrected chi connectivity index (χ2v) is 6.42. The van der Waals surface area contributed by atoms with E-state index in [4.69, 9.17) is 0 Å². The third-order valence-corrected chi connectivity index (χ3v) is 4.31. The molecule has 3 rings (SSSR count). The van der Waals surface area contributed by atoms with Gasteiger partial charge in [0.25, 0.3) is 0 Å². The number of fused-ring (bicyclic) bond motifs is 1. The van der Waals surface area contributed by atoms with Crippen molar-refractivity contribution in [3.63, 3.8) is 0 Å². The Hall–Kier alpha value is -2.63. The molecule has 126 valence electrons. The van der Waals surface area contributed by atoms with Gasteiger partial charge in [-0.3, -0.25) is 0 Å². The van der Waals surface area contributed by atoms with Crippen LogP contribution in [0, 0.1) is 0 Å². The molecule has 0 fully saturated rings. The van der Waals surface area contributed by atoms with Gasteiger partial charge in [-0.05, 0) is 32.4 Å². The number of aromatic nitrogens is 2. The molecule has 1 aromatic heterocycles. The minimum Gasteiger partial charge on any atom is -0.338 e. The first-order chi connectivity index (χ1) is 11.5. The van der Waals surface area contributed by atoms with Crippen molar-refractivity contribution in [3.8, 4) is 0 Å². The second kappa shape index (κ2) is 6.47. The summed E-state index contributed by atoms with van der Waals surface area (Å²) < 4.78 is 0. The van der Waals surface area contributed by atoms with Crippen LogP contribution in [0.2, 0.25) is 0 Å². The van der Waals surface area contributed by atoms with Crippen molar-refractivity contribution in [1.29, 1.82) is 0 Å². The van der Waals surface area contributed by atoms with Gasteiger partial charge in [0.2, 0.25) is 5.95 Å². The highest BCUT2D eigenvalue weighted by atomic mass is 16.2. The molecule has 0 saturated heterocycles. The van der Waals surface area contributed by atoms with E-state index < -0.39 is 5.54 Å². The molecule has 1 aromatic carbocycles. The molecule has 1 aliphatic rings. The number of nitrogens with one attached hydrogen (secondary N) is 2. The number of carbonyl (C=O) groups is 1. The lowest BCUT2D eigenvalue weighted by Crippen LogP contribution is -2.46. The summed E-state index contributed by atoms with van der Waals surface area (Å²) in [6.07, 6.45) is 2.73. The smallest absolute Gasteiger partial charge is 0.318 e. The predicted octanol–water partition coefficient (Wildman–Crippen LogP) is 3.39. The number of para-hydroxylation sites is 1. The van der Waals surface area contributed by atoms with Gasteiger partial charge in [-0.25, -0.2) is 14.8 Å². The highest BCUT2D eigenvalue weighted by Crippen LogP contribution is 2.37. The van der Waals surface area contributed by atoms with Gasteiger partial charge in [0, 0.05) is 24.0 Å². The first-order valence-corrected chi connectivity index (χ1v) is 8.26. The molecule has 1 aliphatic heterocycles. The van der Waals surface area contributed by atoms with Crippen LogP contribution >= 0.6 is 0 Å². The number of hydrogen-bond donors (Lipinski definition) is 2. The average molecular weight is 325 g/mol. The molecule has 0 aliphatic carbocycles. The highest BCUT2D eigenvalue weighted by molar-refractivity contribution is 5.76. The van der Waals surface area contributed by atoms with Gasteiger partial charge in [-0.15, -0.1) is 0 Å². The molecule has 0 bridgehead atoms.